The summed E-state index contributed by atoms with van der Waals surface area (Å²) >= 11 is 0. The van der Waals surface area contributed by atoms with Crippen molar-refractivity contribution in [3.8, 4) is 22.4 Å². The molecule has 12 heteroatoms. The number of carbonyl (C=O) groups is 1. The van der Waals surface area contributed by atoms with Gasteiger partial charge in [-0.25, -0.2) is 18.6 Å². The van der Waals surface area contributed by atoms with E-state index < -0.39 is 17.7 Å². The van der Waals surface area contributed by atoms with Gasteiger partial charge in [-0.15, -0.1) is 0 Å². The van der Waals surface area contributed by atoms with Gasteiger partial charge in [0.05, 0.1) is 11.4 Å². The highest BCUT2D eigenvalue weighted by Gasteiger charge is 2.19. The standard InChI is InChI=1S/C30H30F2N8O2/c1-16(2)39-15-25(26(38-39)19-7-6-8-21(31)11-19)36-30(42)35-24-13-18(9-10-23(24)32)22-12-20-14-34-29(33-5)37-27(20)40(17(3)4)28(22)41/h6-17H,1-5H3,(H,33,34,37)(H2,35,36,42). The minimum atomic E-state index is -0.738. The Morgan fingerprint density at radius 1 is 0.929 bits per heavy atom. The van der Waals surface area contributed by atoms with Crippen molar-refractivity contribution in [2.24, 2.45) is 0 Å². The maximum atomic E-state index is 14.9. The third-order valence-corrected chi connectivity index (χ3v) is 6.65. The van der Waals surface area contributed by atoms with Crippen LogP contribution in [0.5, 0.6) is 0 Å². The molecule has 0 radical (unpaired) electrons. The Labute approximate surface area is 240 Å². The van der Waals surface area contributed by atoms with Crippen LogP contribution in [-0.2, 0) is 0 Å². The molecular formula is C30H30F2N8O2. The van der Waals surface area contributed by atoms with Crippen LogP contribution in [0, 0.1) is 11.6 Å². The molecule has 0 bridgehead atoms. The molecular weight excluding hydrogens is 542 g/mol. The first-order valence-corrected chi connectivity index (χ1v) is 13.4. The molecule has 5 rings (SSSR count). The number of aromatic nitrogens is 5. The van der Waals surface area contributed by atoms with Crippen molar-refractivity contribution in [3.63, 3.8) is 0 Å². The van der Waals surface area contributed by atoms with Crippen LogP contribution in [0.4, 0.5) is 30.9 Å². The first kappa shape index (κ1) is 28.4. The maximum absolute atomic E-state index is 14.9. The second-order valence-corrected chi connectivity index (χ2v) is 10.3. The van der Waals surface area contributed by atoms with E-state index in [9.17, 15) is 18.4 Å². The van der Waals surface area contributed by atoms with Gasteiger partial charge in [0.25, 0.3) is 5.56 Å². The summed E-state index contributed by atoms with van der Waals surface area (Å²) < 4.78 is 32.0. The van der Waals surface area contributed by atoms with Gasteiger partial charge in [-0.05, 0) is 63.6 Å². The summed E-state index contributed by atoms with van der Waals surface area (Å²) in [5.41, 5.74) is 1.87. The molecule has 216 valence electrons. The molecule has 0 unspecified atom stereocenters. The van der Waals surface area contributed by atoms with E-state index in [1.54, 1.807) is 46.9 Å². The average molecular weight is 573 g/mol. The zero-order valence-corrected chi connectivity index (χ0v) is 23.7. The van der Waals surface area contributed by atoms with Gasteiger partial charge >= 0.3 is 6.03 Å². The van der Waals surface area contributed by atoms with Gasteiger partial charge in [0.2, 0.25) is 5.95 Å². The normalized spacial score (nSPS) is 11.4. The first-order chi connectivity index (χ1) is 20.0. The summed E-state index contributed by atoms with van der Waals surface area (Å²) in [6.45, 7) is 7.57. The molecule has 3 heterocycles. The van der Waals surface area contributed by atoms with Crippen molar-refractivity contribution in [2.75, 3.05) is 23.0 Å². The summed E-state index contributed by atoms with van der Waals surface area (Å²) in [5.74, 6) is -0.757. The number of anilines is 3. The molecule has 42 heavy (non-hydrogen) atoms. The number of pyridine rings is 1. The molecule has 0 fully saturated rings. The number of fused-ring (bicyclic) bond motifs is 1. The third kappa shape index (κ3) is 5.55. The van der Waals surface area contributed by atoms with E-state index >= 15 is 0 Å². The second-order valence-electron chi connectivity index (χ2n) is 10.3. The molecule has 3 N–H and O–H groups in total. The summed E-state index contributed by atoms with van der Waals surface area (Å²) in [6.07, 6.45) is 3.24. The van der Waals surface area contributed by atoms with Crippen molar-refractivity contribution in [1.29, 1.82) is 0 Å². The van der Waals surface area contributed by atoms with Crippen molar-refractivity contribution < 1.29 is 13.6 Å². The Balaban J connectivity index is 1.49. The number of carbonyl (C=O) groups excluding carboxylic acids is 1. The van der Waals surface area contributed by atoms with Gasteiger partial charge in [-0.2, -0.15) is 10.1 Å². The summed E-state index contributed by atoms with van der Waals surface area (Å²) in [6, 6.07) is 10.6. The van der Waals surface area contributed by atoms with Gasteiger partial charge in [-0.1, -0.05) is 18.2 Å². The molecule has 5 aromatic rings. The Morgan fingerprint density at radius 3 is 2.38 bits per heavy atom. The number of nitrogens with one attached hydrogen (secondary N) is 3. The van der Waals surface area contributed by atoms with Crippen molar-refractivity contribution in [2.45, 2.75) is 39.8 Å². The van der Waals surface area contributed by atoms with Crippen LogP contribution >= 0.6 is 0 Å². The lowest BCUT2D eigenvalue weighted by atomic mass is 10.0. The average Bonchev–Trinajstić information content (AvgIpc) is 3.37. The van der Waals surface area contributed by atoms with Crippen LogP contribution in [0.25, 0.3) is 33.4 Å². The van der Waals surface area contributed by atoms with Gasteiger partial charge in [0.15, 0.2) is 0 Å². The number of halogens is 2. The summed E-state index contributed by atoms with van der Waals surface area (Å²) in [4.78, 5) is 35.4. The fourth-order valence-electron chi connectivity index (χ4n) is 4.59. The maximum Gasteiger partial charge on any atom is 0.323 e. The van der Waals surface area contributed by atoms with E-state index in [-0.39, 0.29) is 23.3 Å². The first-order valence-electron chi connectivity index (χ1n) is 13.4. The largest absolute Gasteiger partial charge is 0.357 e. The Kier molecular flexibility index (Phi) is 7.70. The van der Waals surface area contributed by atoms with Gasteiger partial charge in [-0.3, -0.25) is 14.0 Å². The van der Waals surface area contributed by atoms with Crippen LogP contribution < -0.4 is 21.5 Å². The molecule has 0 aliphatic heterocycles. The lowest BCUT2D eigenvalue weighted by molar-refractivity contribution is 0.262. The highest BCUT2D eigenvalue weighted by Crippen LogP contribution is 2.30. The Hall–Kier alpha value is -5.13. The second kappa shape index (κ2) is 11.4. The lowest BCUT2D eigenvalue weighted by Crippen LogP contribution is -2.25. The van der Waals surface area contributed by atoms with Gasteiger partial charge in [0, 0.05) is 48.0 Å². The summed E-state index contributed by atoms with van der Waals surface area (Å²) in [7, 11) is 1.69. The van der Waals surface area contributed by atoms with Crippen LogP contribution in [0.1, 0.15) is 39.8 Å². The predicted molar refractivity (Wildman–Crippen MR) is 160 cm³/mol. The third-order valence-electron chi connectivity index (χ3n) is 6.65. The molecule has 3 aromatic heterocycles. The summed E-state index contributed by atoms with van der Waals surface area (Å²) in [5, 5.41) is 13.2. The molecule has 0 saturated carbocycles. The van der Waals surface area contributed by atoms with E-state index in [1.165, 1.54) is 30.3 Å². The van der Waals surface area contributed by atoms with E-state index in [4.69, 9.17) is 0 Å². The fraction of sp³-hybridized carbons (Fsp3) is 0.233. The van der Waals surface area contributed by atoms with E-state index in [0.717, 1.165) is 0 Å². The molecule has 0 aliphatic rings. The number of benzene rings is 2. The van der Waals surface area contributed by atoms with Crippen LogP contribution in [-0.4, -0.2) is 37.4 Å². The quantitative estimate of drug-likeness (QED) is 0.206. The molecule has 0 atom stereocenters. The Bertz CT molecular complexity index is 1860. The van der Waals surface area contributed by atoms with Crippen LogP contribution in [0.2, 0.25) is 0 Å². The van der Waals surface area contributed by atoms with Crippen LogP contribution in [0.3, 0.4) is 0 Å². The lowest BCUT2D eigenvalue weighted by Gasteiger charge is -2.16. The Morgan fingerprint density at radius 2 is 1.69 bits per heavy atom. The molecule has 0 saturated heterocycles. The number of nitrogens with zero attached hydrogens (tertiary/aromatic N) is 5. The fourth-order valence-corrected chi connectivity index (χ4v) is 4.59. The smallest absolute Gasteiger partial charge is 0.323 e. The van der Waals surface area contributed by atoms with E-state index in [1.807, 2.05) is 27.7 Å². The minimum Gasteiger partial charge on any atom is -0.357 e. The number of amides is 2. The van der Waals surface area contributed by atoms with Gasteiger partial charge in [0.1, 0.15) is 23.0 Å². The highest BCUT2D eigenvalue weighted by molar-refractivity contribution is 6.02. The van der Waals surface area contributed by atoms with E-state index in [0.29, 0.717) is 45.1 Å². The number of urea groups is 1. The molecule has 0 spiro atoms. The zero-order valence-electron chi connectivity index (χ0n) is 23.7. The van der Waals surface area contributed by atoms with Gasteiger partial charge < -0.3 is 16.0 Å². The number of hydrogen-bond donors (Lipinski definition) is 3. The van der Waals surface area contributed by atoms with Crippen molar-refractivity contribution in [3.05, 3.63) is 82.9 Å². The zero-order chi connectivity index (χ0) is 30.1. The molecule has 0 aliphatic carbocycles. The predicted octanol–water partition coefficient (Wildman–Crippen LogP) is 6.45. The van der Waals surface area contributed by atoms with Crippen molar-refractivity contribution >= 4 is 34.4 Å². The molecule has 10 nitrogen and oxygen atoms in total. The number of rotatable bonds is 7. The highest BCUT2D eigenvalue weighted by atomic mass is 19.1. The molecule has 2 amide bonds. The van der Waals surface area contributed by atoms with Crippen molar-refractivity contribution in [1.82, 2.24) is 24.3 Å². The topological polar surface area (TPSA) is 119 Å². The van der Waals surface area contributed by atoms with E-state index in [2.05, 4.69) is 31.0 Å². The monoisotopic (exact) mass is 572 g/mol. The number of hydrogen-bond acceptors (Lipinski definition) is 6. The minimum absolute atomic E-state index is 0.0305. The molecule has 2 aromatic carbocycles. The van der Waals surface area contributed by atoms with Crippen LogP contribution in [0.15, 0.2) is 65.7 Å². The SMILES string of the molecule is CNc1ncc2cc(-c3ccc(F)c(NC(=O)Nc4cn(C(C)C)nc4-c4cccc(F)c4)c3)c(=O)n(C(C)C)c2n1.